The third kappa shape index (κ3) is 3.74. The number of likely N-dealkylation sites (tertiary alicyclic amines) is 1. The second-order valence-electron chi connectivity index (χ2n) is 7.40. The normalized spacial score (nSPS) is 23.7. The molecule has 29 heavy (non-hydrogen) atoms. The molecule has 0 spiro atoms. The van der Waals surface area contributed by atoms with E-state index in [2.05, 4.69) is 34.9 Å². The monoisotopic (exact) mass is 401 g/mol. The summed E-state index contributed by atoms with van der Waals surface area (Å²) >= 11 is 0. The van der Waals surface area contributed by atoms with Gasteiger partial charge in [-0.2, -0.15) is 13.2 Å². The number of carbonyl (C=O) groups is 1. The van der Waals surface area contributed by atoms with Gasteiger partial charge in [-0.15, -0.1) is 0 Å². The highest BCUT2D eigenvalue weighted by atomic mass is 19.4. The van der Waals surface area contributed by atoms with E-state index in [0.717, 1.165) is 17.7 Å². The summed E-state index contributed by atoms with van der Waals surface area (Å²) in [6.45, 7) is 3.36. The zero-order valence-electron chi connectivity index (χ0n) is 15.9. The van der Waals surface area contributed by atoms with Crippen LogP contribution in [-0.4, -0.2) is 36.1 Å². The van der Waals surface area contributed by atoms with Crippen molar-refractivity contribution in [2.45, 2.75) is 31.1 Å². The van der Waals surface area contributed by atoms with Gasteiger partial charge < -0.3 is 15.5 Å². The number of halogens is 3. The second-order valence-corrected chi connectivity index (χ2v) is 7.40. The summed E-state index contributed by atoms with van der Waals surface area (Å²) in [6, 6.07) is 12.7. The van der Waals surface area contributed by atoms with E-state index in [-0.39, 0.29) is 24.0 Å². The fourth-order valence-corrected chi connectivity index (χ4v) is 4.27. The molecule has 0 aromatic heterocycles. The van der Waals surface area contributed by atoms with Gasteiger partial charge in [-0.1, -0.05) is 36.4 Å². The number of benzene rings is 2. The summed E-state index contributed by atoms with van der Waals surface area (Å²) in [5, 5.41) is 6.06. The smallest absolute Gasteiger partial charge is 0.315 e. The molecule has 2 aromatic rings. The molecule has 2 amide bonds. The molecule has 0 saturated carbocycles. The maximum absolute atomic E-state index is 12.8. The van der Waals surface area contributed by atoms with E-state index in [0.29, 0.717) is 18.8 Å². The van der Waals surface area contributed by atoms with Gasteiger partial charge in [0, 0.05) is 24.7 Å². The van der Waals surface area contributed by atoms with Gasteiger partial charge >= 0.3 is 12.2 Å². The molecule has 2 aliphatic rings. The Bertz CT molecular complexity index is 894. The Hall–Kier alpha value is -2.80. The minimum atomic E-state index is -4.39. The lowest BCUT2D eigenvalue weighted by Crippen LogP contribution is -2.74. The van der Waals surface area contributed by atoms with E-state index in [9.17, 15) is 18.0 Å². The van der Waals surface area contributed by atoms with Gasteiger partial charge in [-0.25, -0.2) is 4.79 Å². The van der Waals surface area contributed by atoms with Crippen LogP contribution in [0.2, 0.25) is 0 Å². The molecule has 2 aliphatic heterocycles. The first-order valence-corrected chi connectivity index (χ1v) is 9.58. The average molecular weight is 401 g/mol. The Labute approximate surface area is 167 Å². The average Bonchev–Trinajstić information content (AvgIpc) is 2.70. The Balaban J connectivity index is 1.45. The topological polar surface area (TPSA) is 44.4 Å². The van der Waals surface area contributed by atoms with Gasteiger partial charge in [0.1, 0.15) is 0 Å². The molecule has 1 unspecified atom stereocenters. The molecule has 7 heteroatoms. The van der Waals surface area contributed by atoms with Crippen LogP contribution in [0.1, 0.15) is 29.5 Å². The van der Waals surface area contributed by atoms with Gasteiger partial charge in [0.25, 0.3) is 0 Å². The van der Waals surface area contributed by atoms with Crippen molar-refractivity contribution in [3.8, 4) is 0 Å². The molecule has 2 heterocycles. The molecule has 152 valence electrons. The third-order valence-electron chi connectivity index (χ3n) is 5.63. The second kappa shape index (κ2) is 7.55. The summed E-state index contributed by atoms with van der Waals surface area (Å²) in [7, 11) is 0. The lowest BCUT2D eigenvalue weighted by Gasteiger charge is -2.59. The zero-order chi connectivity index (χ0) is 20.6. The number of fused-ring (bicyclic) bond motifs is 2. The van der Waals surface area contributed by atoms with Crippen molar-refractivity contribution >= 4 is 17.8 Å². The number of nitrogens with zero attached hydrogens (tertiary/aromatic N) is 1. The number of urea groups is 1. The van der Waals surface area contributed by atoms with E-state index in [1.54, 1.807) is 4.90 Å². The van der Waals surface area contributed by atoms with Crippen molar-refractivity contribution in [2.24, 2.45) is 0 Å². The number of piperidine rings is 1. The molecule has 0 radical (unpaired) electrons. The molecule has 2 bridgehead atoms. The van der Waals surface area contributed by atoms with Crippen LogP contribution < -0.4 is 10.6 Å². The van der Waals surface area contributed by atoms with Crippen LogP contribution >= 0.6 is 0 Å². The highest BCUT2D eigenvalue weighted by Gasteiger charge is 2.53. The van der Waals surface area contributed by atoms with E-state index in [1.165, 1.54) is 17.7 Å². The molecule has 2 N–H and O–H groups in total. The van der Waals surface area contributed by atoms with E-state index < -0.39 is 11.7 Å². The van der Waals surface area contributed by atoms with Gasteiger partial charge in [0.15, 0.2) is 0 Å². The quantitative estimate of drug-likeness (QED) is 0.782. The SMILES string of the molecule is CC=Cc1ccc(C2[C@H]3CNC[C@@H]2N3C(=O)Nc2ccc(C(F)(F)F)cc2)cc1. The summed E-state index contributed by atoms with van der Waals surface area (Å²) in [6.07, 6.45) is -0.362. The maximum atomic E-state index is 12.8. The zero-order valence-corrected chi connectivity index (χ0v) is 15.9. The Kier molecular flexibility index (Phi) is 5.08. The van der Waals surface area contributed by atoms with Gasteiger partial charge in [0.05, 0.1) is 17.6 Å². The first-order valence-electron chi connectivity index (χ1n) is 9.58. The van der Waals surface area contributed by atoms with E-state index >= 15 is 0 Å². The summed E-state index contributed by atoms with van der Waals surface area (Å²) in [4.78, 5) is 14.6. The number of alkyl halides is 3. The lowest BCUT2D eigenvalue weighted by molar-refractivity contribution is -0.137. The number of hydrogen-bond acceptors (Lipinski definition) is 2. The molecule has 0 aliphatic carbocycles. The number of hydrogen-bond donors (Lipinski definition) is 2. The first kappa shape index (κ1) is 19.5. The van der Waals surface area contributed by atoms with Crippen molar-refractivity contribution in [1.82, 2.24) is 10.2 Å². The Morgan fingerprint density at radius 2 is 1.69 bits per heavy atom. The summed E-state index contributed by atoms with van der Waals surface area (Å²) in [5.74, 6) is 0.259. The van der Waals surface area contributed by atoms with Crippen molar-refractivity contribution in [2.75, 3.05) is 18.4 Å². The van der Waals surface area contributed by atoms with Crippen LogP contribution in [-0.2, 0) is 6.18 Å². The summed E-state index contributed by atoms with van der Waals surface area (Å²) < 4.78 is 38.1. The molecule has 2 saturated heterocycles. The fraction of sp³-hybridized carbons (Fsp3) is 0.318. The fourth-order valence-electron chi connectivity index (χ4n) is 4.27. The predicted molar refractivity (Wildman–Crippen MR) is 107 cm³/mol. The highest BCUT2D eigenvalue weighted by Crippen LogP contribution is 2.43. The van der Waals surface area contributed by atoms with E-state index in [1.807, 2.05) is 19.1 Å². The van der Waals surface area contributed by atoms with Crippen LogP contribution in [0.3, 0.4) is 0 Å². The number of amides is 2. The number of piperazine rings is 1. The van der Waals surface area contributed by atoms with Crippen LogP contribution in [0.5, 0.6) is 0 Å². The minimum Gasteiger partial charge on any atom is -0.315 e. The first-order chi connectivity index (χ1) is 13.9. The van der Waals surface area contributed by atoms with Crippen LogP contribution in [0.25, 0.3) is 6.08 Å². The van der Waals surface area contributed by atoms with Gasteiger partial charge in [-0.05, 0) is 42.3 Å². The number of rotatable bonds is 3. The number of allylic oxidation sites excluding steroid dienone is 1. The highest BCUT2D eigenvalue weighted by molar-refractivity contribution is 5.91. The third-order valence-corrected chi connectivity index (χ3v) is 5.63. The standard InChI is InChI=1S/C22H22F3N3O/c1-2-3-14-4-6-15(7-5-14)20-18-12-26-13-19(20)28(18)21(29)27-17-10-8-16(9-11-17)22(23,24)25/h2-11,18-20,26H,12-13H2,1H3,(H,27,29)/t18-,19+,20?. The van der Waals surface area contributed by atoms with Crippen molar-refractivity contribution in [3.05, 3.63) is 71.3 Å². The lowest BCUT2D eigenvalue weighted by atomic mass is 9.72. The van der Waals surface area contributed by atoms with E-state index in [4.69, 9.17) is 0 Å². The Morgan fingerprint density at radius 3 is 2.24 bits per heavy atom. The van der Waals surface area contributed by atoms with Gasteiger partial charge in [-0.3, -0.25) is 0 Å². The maximum Gasteiger partial charge on any atom is 0.416 e. The number of anilines is 1. The van der Waals surface area contributed by atoms with Crippen molar-refractivity contribution in [1.29, 1.82) is 0 Å². The predicted octanol–water partition coefficient (Wildman–Crippen LogP) is 4.71. The summed E-state index contributed by atoms with van der Waals surface area (Å²) in [5.41, 5.74) is 1.96. The number of nitrogens with one attached hydrogen (secondary N) is 2. The molecule has 4 nitrogen and oxygen atoms in total. The molecule has 2 fully saturated rings. The minimum absolute atomic E-state index is 0.0239. The van der Waals surface area contributed by atoms with Gasteiger partial charge in [0.2, 0.25) is 0 Å². The number of carbonyl (C=O) groups excluding carboxylic acids is 1. The van der Waals surface area contributed by atoms with Crippen LogP contribution in [0.4, 0.5) is 23.7 Å². The molecular weight excluding hydrogens is 379 g/mol. The Morgan fingerprint density at radius 1 is 1.07 bits per heavy atom. The largest absolute Gasteiger partial charge is 0.416 e. The van der Waals surface area contributed by atoms with Crippen molar-refractivity contribution in [3.63, 3.8) is 0 Å². The van der Waals surface area contributed by atoms with Crippen molar-refractivity contribution < 1.29 is 18.0 Å². The van der Waals surface area contributed by atoms with Crippen LogP contribution in [0, 0.1) is 0 Å². The molecule has 2 aromatic carbocycles. The van der Waals surface area contributed by atoms with Crippen LogP contribution in [0.15, 0.2) is 54.6 Å². The molecular formula is C22H22F3N3O. The molecule has 3 atom stereocenters. The molecule has 4 rings (SSSR count).